The molecule has 0 atom stereocenters. The van der Waals surface area contributed by atoms with Gasteiger partial charge in [-0.15, -0.1) is 69.1 Å². The molecular weight excluding hydrogens is 863 g/mol. The summed E-state index contributed by atoms with van der Waals surface area (Å²) >= 11 is -0.826. The Kier molecular flexibility index (Phi) is 17.4. The Morgan fingerprint density at radius 1 is 0.450 bits per heavy atom. The number of halogens is 2. The van der Waals surface area contributed by atoms with Gasteiger partial charge in [0, 0.05) is 9.52 Å². The molecule has 0 amide bonds. The van der Waals surface area contributed by atoms with Crippen molar-refractivity contribution >= 4 is 69.6 Å². The summed E-state index contributed by atoms with van der Waals surface area (Å²) in [5, 5.41) is 10.9. The molecule has 4 heteroatoms. The second-order valence-electron chi connectivity index (χ2n) is 17.1. The summed E-state index contributed by atoms with van der Waals surface area (Å²) in [4.78, 5) is 0. The van der Waals surface area contributed by atoms with Gasteiger partial charge in [-0.05, 0) is 57.3 Å². The van der Waals surface area contributed by atoms with Gasteiger partial charge in [-0.3, -0.25) is 0 Å². The van der Waals surface area contributed by atoms with Gasteiger partial charge in [-0.1, -0.05) is 198 Å². The van der Waals surface area contributed by atoms with Crippen molar-refractivity contribution in [2.45, 2.75) is 103 Å². The minimum Gasteiger partial charge on any atom is -0.164 e. The van der Waals surface area contributed by atoms with Gasteiger partial charge in [0.05, 0.1) is 0 Å². The van der Waals surface area contributed by atoms with Crippen LogP contribution in [0.1, 0.15) is 88.2 Å². The first-order valence-electron chi connectivity index (χ1n) is 22.5. The van der Waals surface area contributed by atoms with E-state index in [1.54, 1.807) is 0 Å². The van der Waals surface area contributed by atoms with E-state index in [0.717, 1.165) is 21.4 Å². The number of benzene rings is 6. The van der Waals surface area contributed by atoms with Gasteiger partial charge in [0.2, 0.25) is 0 Å². The van der Waals surface area contributed by atoms with Crippen molar-refractivity contribution in [2.75, 3.05) is 0 Å². The third-order valence-electron chi connectivity index (χ3n) is 12.8. The Morgan fingerprint density at radius 3 is 1.15 bits per heavy atom. The summed E-state index contributed by atoms with van der Waals surface area (Å²) in [7, 11) is 11.0. The smallest absolute Gasteiger partial charge is 0.0114 e. The van der Waals surface area contributed by atoms with Crippen molar-refractivity contribution in [1.29, 1.82) is 0 Å². The van der Waals surface area contributed by atoms with Crippen molar-refractivity contribution in [2.24, 2.45) is 11.8 Å². The van der Waals surface area contributed by atoms with Gasteiger partial charge in [0.15, 0.2) is 0 Å². The summed E-state index contributed by atoms with van der Waals surface area (Å²) in [6.45, 7) is 4.31. The van der Waals surface area contributed by atoms with E-state index in [0.29, 0.717) is 0 Å². The van der Waals surface area contributed by atoms with Crippen molar-refractivity contribution in [1.82, 2.24) is 0 Å². The second-order valence-corrected chi connectivity index (χ2v) is 21.8. The first-order chi connectivity index (χ1) is 29.6. The van der Waals surface area contributed by atoms with Crippen LogP contribution in [0.3, 0.4) is 0 Å². The fourth-order valence-corrected chi connectivity index (χ4v) is 10.0. The molecule has 0 N–H and O–H groups in total. The number of hydrogen-bond donors (Lipinski definition) is 0. The Hall–Kier alpha value is -3.26. The fourth-order valence-electron chi connectivity index (χ4n) is 10.0. The topological polar surface area (TPSA) is 0 Å². The molecule has 2 aliphatic rings. The Balaban J connectivity index is 0.000000161. The van der Waals surface area contributed by atoms with E-state index in [4.69, 9.17) is 17.0 Å². The maximum absolute atomic E-state index is 4.93. The van der Waals surface area contributed by atoms with E-state index in [2.05, 4.69) is 159 Å². The zero-order valence-corrected chi connectivity index (χ0v) is 40.6. The minimum absolute atomic E-state index is 0.826. The van der Waals surface area contributed by atoms with Crippen molar-refractivity contribution in [3.8, 4) is 22.3 Å². The van der Waals surface area contributed by atoms with E-state index in [9.17, 15) is 0 Å². The monoisotopic (exact) mass is 920 g/mol. The molecule has 2 radical (unpaired) electrons. The summed E-state index contributed by atoms with van der Waals surface area (Å²) < 4.78 is 0. The first kappa shape index (κ1) is 44.8. The summed E-state index contributed by atoms with van der Waals surface area (Å²) in [5.74, 6) is 1.76. The third kappa shape index (κ3) is 11.6. The zero-order valence-electron chi connectivity index (χ0n) is 35.7. The maximum Gasteiger partial charge on any atom is -0.0114 e. The Bertz CT molecular complexity index is 2340. The fraction of sp³-hybridized carbons (Fsp3) is 0.321. The van der Waals surface area contributed by atoms with Crippen LogP contribution in [0.15, 0.2) is 146 Å². The molecule has 0 unspecified atom stereocenters. The zero-order chi connectivity index (χ0) is 41.5. The standard InChI is InChI=1S/2C27H27.C2H6Si.2ClH.Zr/c2*1-2-4-10-20(9-3-1)17-21-18-23-13-8-16-26(27(23)19-21)25-15-7-12-22-11-5-6-14-24(22)25;1-3-2;;;/h2*5-8,11-16,18-20H,1-4,9-10,17H2;1-2H3;2*1H;/q2*-1;;;;+4/p-2. The normalized spacial score (nSPS) is 14.9. The molecule has 0 nitrogen and oxygen atoms in total. The van der Waals surface area contributed by atoms with E-state index < -0.39 is 20.8 Å². The van der Waals surface area contributed by atoms with Crippen LogP contribution in [0.4, 0.5) is 0 Å². The van der Waals surface area contributed by atoms with Crippen LogP contribution in [0, 0.1) is 11.8 Å². The minimum atomic E-state index is -0.826. The molecule has 2 saturated carbocycles. The van der Waals surface area contributed by atoms with Gasteiger partial charge in [-0.25, -0.2) is 0 Å². The van der Waals surface area contributed by atoms with E-state index in [1.165, 1.54) is 166 Å². The molecule has 0 bridgehead atoms. The van der Waals surface area contributed by atoms with Crippen LogP contribution in [-0.2, 0) is 33.7 Å². The summed E-state index contributed by atoms with van der Waals surface area (Å²) in [5.41, 5.74) is 8.51. The van der Waals surface area contributed by atoms with Crippen LogP contribution >= 0.6 is 17.0 Å². The largest absolute Gasteiger partial charge is 0.164 e. The third-order valence-corrected chi connectivity index (χ3v) is 12.8. The molecule has 8 aromatic carbocycles. The van der Waals surface area contributed by atoms with Gasteiger partial charge in [0.1, 0.15) is 0 Å². The predicted molar refractivity (Wildman–Crippen MR) is 264 cm³/mol. The number of rotatable bonds is 6. The quantitative estimate of drug-likeness (QED) is 0.0886. The molecule has 0 heterocycles. The van der Waals surface area contributed by atoms with E-state index >= 15 is 0 Å². The molecule has 306 valence electrons. The second kappa shape index (κ2) is 23.3. The molecule has 8 aromatic rings. The Labute approximate surface area is 381 Å². The SMILES string of the molecule is C[Si]C.[Cl][Zr+2][Cl].c1ccc2c(-c3cccc4[cH-]c(CC5CCCCCC5)cc34)cccc2c1.c1ccc2c(-c3cccc4[cH-]c(CC5CCCCCC5)cc34)cccc2c1. The molecule has 0 aliphatic heterocycles. The van der Waals surface area contributed by atoms with Crippen molar-refractivity contribution in [3.05, 3.63) is 157 Å². The van der Waals surface area contributed by atoms with Crippen LogP contribution in [-0.4, -0.2) is 9.52 Å². The Morgan fingerprint density at radius 2 is 0.767 bits per heavy atom. The average Bonchev–Trinajstić information content (AvgIpc) is 3.66. The molecule has 60 heavy (non-hydrogen) atoms. The van der Waals surface area contributed by atoms with Crippen molar-refractivity contribution in [3.63, 3.8) is 0 Å². The summed E-state index contributed by atoms with van der Waals surface area (Å²) in [6.07, 6.45) is 19.6. The summed E-state index contributed by atoms with van der Waals surface area (Å²) in [6, 6.07) is 54.2. The molecule has 0 saturated heterocycles. The van der Waals surface area contributed by atoms with Crippen LogP contribution < -0.4 is 0 Å². The first-order valence-corrected chi connectivity index (χ1v) is 30.8. The number of fused-ring (bicyclic) bond motifs is 4. The predicted octanol–water partition coefficient (Wildman–Crippen LogP) is 17.9. The molecule has 2 aliphatic carbocycles. The van der Waals surface area contributed by atoms with Gasteiger partial charge >= 0.3 is 37.9 Å². The average molecular weight is 923 g/mol. The molecular formula is C56H60Cl2SiZr. The molecule has 2 fully saturated rings. The number of hydrogen-bond acceptors (Lipinski definition) is 0. The van der Waals surface area contributed by atoms with E-state index in [1.807, 2.05) is 0 Å². The molecule has 0 spiro atoms. The molecule has 0 aromatic heterocycles. The maximum atomic E-state index is 4.93. The van der Waals surface area contributed by atoms with Crippen molar-refractivity contribution < 1.29 is 20.8 Å². The van der Waals surface area contributed by atoms with E-state index in [-0.39, 0.29) is 0 Å². The van der Waals surface area contributed by atoms with Gasteiger partial charge in [-0.2, -0.15) is 12.1 Å². The van der Waals surface area contributed by atoms with Crippen LogP contribution in [0.5, 0.6) is 0 Å². The van der Waals surface area contributed by atoms with Crippen LogP contribution in [0.2, 0.25) is 13.1 Å². The molecule has 10 rings (SSSR count). The van der Waals surface area contributed by atoms with Gasteiger partial charge in [0.25, 0.3) is 0 Å². The van der Waals surface area contributed by atoms with Crippen LogP contribution in [0.25, 0.3) is 65.3 Å². The van der Waals surface area contributed by atoms with Gasteiger partial charge < -0.3 is 0 Å².